The number of rotatable bonds is 7. The van der Waals surface area contributed by atoms with Gasteiger partial charge in [0.05, 0.1) is 25.9 Å². The Labute approximate surface area is 237 Å². The zero-order valence-electron chi connectivity index (χ0n) is 25.3. The second-order valence-corrected chi connectivity index (χ2v) is 21.5. The average Bonchev–Trinajstić information content (AvgIpc) is 3.35. The van der Waals surface area contributed by atoms with E-state index in [0.717, 1.165) is 0 Å². The number of aromatic nitrogens is 4. The average molecular weight is 593 g/mol. The van der Waals surface area contributed by atoms with Crippen molar-refractivity contribution < 1.29 is 22.4 Å². The molecule has 0 spiro atoms. The fourth-order valence-electron chi connectivity index (χ4n) is 6.37. The molecule has 0 aliphatic carbocycles. The third-order valence-electron chi connectivity index (χ3n) is 8.48. The van der Waals surface area contributed by atoms with Gasteiger partial charge in [-0.2, -0.15) is 4.98 Å². The van der Waals surface area contributed by atoms with Gasteiger partial charge in [0, 0.05) is 14.1 Å². The second-order valence-electron chi connectivity index (χ2n) is 12.7. The molecule has 3 aliphatic heterocycles. The number of hydrogen-bond acceptors (Lipinski definition) is 9. The van der Waals surface area contributed by atoms with Crippen LogP contribution >= 0.6 is 0 Å². The van der Waals surface area contributed by atoms with Crippen molar-refractivity contribution in [1.82, 2.24) is 24.4 Å². The van der Waals surface area contributed by atoms with Crippen LogP contribution < -0.4 is 5.56 Å². The molecule has 0 radical (unpaired) electrons. The molecule has 5 heterocycles. The number of H-pyrrole nitrogens is 1. The predicted octanol–water partition coefficient (Wildman–Crippen LogP) is 3.75. The molecule has 5 rings (SSSR count). The van der Waals surface area contributed by atoms with Crippen LogP contribution in [0, 0.1) is 0 Å². The first kappa shape index (κ1) is 29.5. The Hall–Kier alpha value is -1.95. The minimum absolute atomic E-state index is 0.181. The third-order valence-corrected chi connectivity index (χ3v) is 18.7. The Kier molecular flexibility index (Phi) is 7.68. The topological polar surface area (TPSA) is 125 Å². The number of hydrogen-bond donors (Lipinski definition) is 1. The molecule has 3 saturated heterocycles. The van der Waals surface area contributed by atoms with E-state index in [1.807, 2.05) is 18.7 Å². The molecule has 1 N–H and O–H groups in total. The van der Waals surface area contributed by atoms with Crippen LogP contribution in [0.1, 0.15) is 55.4 Å². The van der Waals surface area contributed by atoms with Crippen LogP contribution in [0.25, 0.3) is 11.2 Å². The van der Waals surface area contributed by atoms with Crippen LogP contribution in [-0.2, 0) is 28.2 Å². The van der Waals surface area contributed by atoms with E-state index >= 15 is 0 Å². The number of fused-ring (bicyclic) bond motifs is 4. The monoisotopic (exact) mass is 592 g/mol. The fraction of sp³-hybridized carbons (Fsp3) is 0.769. The van der Waals surface area contributed by atoms with Crippen LogP contribution in [0.2, 0.25) is 22.2 Å². The smallest absolute Gasteiger partial charge is 0.335 e. The number of nitrogens with zero attached hydrogens (tertiary/aromatic N) is 5. The second kappa shape index (κ2) is 10.4. The van der Waals surface area contributed by atoms with Crippen LogP contribution in [0.3, 0.4) is 0 Å². The standard InChI is InChI=1S/C26H44N6O6Si2/c1-15(2)39(16(3)4)35-11-19-21(37-40(38-39,17(5)6)18(7)8)22-26(36-19,12-34-22)32-14-27-20-23(32)29-25(30-24(20)33)28-13-31(9)10/h13-19,21-22H,11-12H2,1-10H3,(H,29,30,33)/b28-13+/t19-,21-,22-,26-/m1/s1. The Morgan fingerprint density at radius 3 is 2.30 bits per heavy atom. The Balaban J connectivity index is 1.60. The van der Waals surface area contributed by atoms with Crippen molar-refractivity contribution in [1.29, 1.82) is 0 Å². The number of aliphatic imine (C=N–C) groups is 1. The maximum absolute atomic E-state index is 12.9. The maximum Gasteiger partial charge on any atom is 0.335 e. The van der Waals surface area contributed by atoms with Crippen molar-refractivity contribution in [2.45, 2.75) is 102 Å². The van der Waals surface area contributed by atoms with Gasteiger partial charge < -0.3 is 27.3 Å². The van der Waals surface area contributed by atoms with Gasteiger partial charge in [0.2, 0.25) is 5.95 Å². The Morgan fingerprint density at radius 1 is 1.10 bits per heavy atom. The first-order valence-corrected chi connectivity index (χ1v) is 18.2. The minimum atomic E-state index is -2.86. The zero-order valence-corrected chi connectivity index (χ0v) is 27.3. The van der Waals surface area contributed by atoms with Gasteiger partial charge >= 0.3 is 17.1 Å². The lowest BCUT2D eigenvalue weighted by Crippen LogP contribution is -2.67. The van der Waals surface area contributed by atoms with Crippen molar-refractivity contribution in [3.8, 4) is 0 Å². The highest BCUT2D eigenvalue weighted by atomic mass is 28.5. The summed E-state index contributed by atoms with van der Waals surface area (Å²) >= 11 is 0. The summed E-state index contributed by atoms with van der Waals surface area (Å²) in [7, 11) is -1.88. The maximum atomic E-state index is 12.9. The van der Waals surface area contributed by atoms with E-state index < -0.39 is 35.1 Å². The molecule has 14 heteroatoms. The lowest BCUT2D eigenvalue weighted by Gasteiger charge is -2.52. The van der Waals surface area contributed by atoms with Gasteiger partial charge in [-0.15, -0.1) is 0 Å². The van der Waals surface area contributed by atoms with E-state index in [1.165, 1.54) is 0 Å². The van der Waals surface area contributed by atoms with E-state index in [1.54, 1.807) is 17.6 Å². The zero-order chi connectivity index (χ0) is 29.2. The lowest BCUT2D eigenvalue weighted by atomic mass is 9.98. The normalized spacial score (nSPS) is 29.7. The summed E-state index contributed by atoms with van der Waals surface area (Å²) in [6.07, 6.45) is 1.97. The summed E-state index contributed by atoms with van der Waals surface area (Å²) in [5, 5.41) is 0. The number of nitrogens with one attached hydrogen (secondary N) is 1. The minimum Gasteiger partial charge on any atom is -0.414 e. The van der Waals surface area contributed by atoms with Crippen LogP contribution in [0.4, 0.5) is 5.95 Å². The number of imidazole rings is 1. The molecule has 3 aliphatic rings. The van der Waals surface area contributed by atoms with Crippen molar-refractivity contribution in [2.24, 2.45) is 4.99 Å². The largest absolute Gasteiger partial charge is 0.414 e. The molecule has 0 amide bonds. The summed E-state index contributed by atoms with van der Waals surface area (Å²) in [5.41, 5.74) is 0.131. The number of ether oxygens (including phenoxy) is 2. The molecule has 0 saturated carbocycles. The molecule has 3 fully saturated rings. The molecular formula is C26H44N6O6Si2. The van der Waals surface area contributed by atoms with Crippen LogP contribution in [0.15, 0.2) is 16.1 Å². The fourth-order valence-corrected chi connectivity index (χ4v) is 17.6. The SMILES string of the molecule is CC(C)[Si]1(C(C)C)OC[C@H]2O[C@]3(n4cnc5c(=O)[nH]c(/N=C/N(C)C)nc54)CO[C@@H]3[C@@H]2O[Si](C(C)C)(C(C)C)O1. The van der Waals surface area contributed by atoms with E-state index in [9.17, 15) is 4.79 Å². The molecule has 2 aromatic rings. The highest BCUT2D eigenvalue weighted by Crippen LogP contribution is 2.53. The quantitative estimate of drug-likeness (QED) is 0.291. The summed E-state index contributed by atoms with van der Waals surface area (Å²) in [5.74, 6) is 0.189. The summed E-state index contributed by atoms with van der Waals surface area (Å²) in [6.45, 7) is 18.2. The van der Waals surface area contributed by atoms with Crippen molar-refractivity contribution in [3.63, 3.8) is 0 Å². The molecule has 4 atom stereocenters. The summed E-state index contributed by atoms with van der Waals surface area (Å²) in [4.78, 5) is 30.7. The first-order chi connectivity index (χ1) is 18.8. The first-order valence-electron chi connectivity index (χ1n) is 14.3. The van der Waals surface area contributed by atoms with Crippen LogP contribution in [-0.4, -0.2) is 93.5 Å². The van der Waals surface area contributed by atoms with E-state index in [-0.39, 0.29) is 51.9 Å². The summed E-state index contributed by atoms with van der Waals surface area (Å²) in [6, 6.07) is 0. The van der Waals surface area contributed by atoms with Crippen LogP contribution in [0.5, 0.6) is 0 Å². The van der Waals surface area contributed by atoms with E-state index in [4.69, 9.17) is 22.4 Å². The van der Waals surface area contributed by atoms with Gasteiger partial charge in [-0.1, -0.05) is 55.4 Å². The summed E-state index contributed by atoms with van der Waals surface area (Å²) < 4.78 is 36.3. The third kappa shape index (κ3) is 4.43. The predicted molar refractivity (Wildman–Crippen MR) is 156 cm³/mol. The molecule has 0 aromatic carbocycles. The van der Waals surface area contributed by atoms with Crippen molar-refractivity contribution in [3.05, 3.63) is 16.7 Å². The van der Waals surface area contributed by atoms with Gasteiger partial charge in [-0.25, -0.2) is 9.98 Å². The molecule has 222 valence electrons. The molecule has 0 bridgehead atoms. The Bertz CT molecular complexity index is 1310. The molecular weight excluding hydrogens is 548 g/mol. The van der Waals surface area contributed by atoms with Gasteiger partial charge in [-0.3, -0.25) is 14.3 Å². The molecule has 40 heavy (non-hydrogen) atoms. The Morgan fingerprint density at radius 2 is 1.75 bits per heavy atom. The number of aromatic amines is 1. The molecule has 2 aromatic heterocycles. The lowest BCUT2D eigenvalue weighted by molar-refractivity contribution is -0.274. The van der Waals surface area contributed by atoms with Crippen molar-refractivity contribution >= 4 is 40.6 Å². The van der Waals surface area contributed by atoms with Gasteiger partial charge in [-0.05, 0) is 22.2 Å². The van der Waals surface area contributed by atoms with Gasteiger partial charge in [0.1, 0.15) is 18.3 Å². The van der Waals surface area contributed by atoms with Gasteiger partial charge in [0.25, 0.3) is 5.56 Å². The van der Waals surface area contributed by atoms with E-state index in [0.29, 0.717) is 12.3 Å². The highest BCUT2D eigenvalue weighted by molar-refractivity contribution is 6.84. The van der Waals surface area contributed by atoms with E-state index in [2.05, 4.69) is 75.3 Å². The van der Waals surface area contributed by atoms with Gasteiger partial charge in [0.15, 0.2) is 16.9 Å². The van der Waals surface area contributed by atoms with Crippen molar-refractivity contribution in [2.75, 3.05) is 27.3 Å². The molecule has 0 unspecified atom stereocenters. The highest BCUT2D eigenvalue weighted by Gasteiger charge is 2.69. The molecule has 12 nitrogen and oxygen atoms in total.